The number of hydrogen-bond acceptors (Lipinski definition) is 0. The zero-order valence-electron chi connectivity index (χ0n) is 9.48. The van der Waals surface area contributed by atoms with Crippen LogP contribution in [0.15, 0.2) is 0 Å². The summed E-state index contributed by atoms with van der Waals surface area (Å²) in [5, 5.41) is 0. The van der Waals surface area contributed by atoms with Gasteiger partial charge in [0.15, 0.2) is 0 Å². The van der Waals surface area contributed by atoms with E-state index >= 15 is 0 Å². The quantitative estimate of drug-likeness (QED) is 0.551. The van der Waals surface area contributed by atoms with Crippen molar-refractivity contribution >= 4 is 0 Å². The summed E-state index contributed by atoms with van der Waals surface area (Å²) in [6, 6.07) is 0. The molecule has 0 nitrogen and oxygen atoms in total. The lowest BCUT2D eigenvalue weighted by molar-refractivity contribution is 0.403. The molecule has 0 saturated heterocycles. The molecule has 0 aliphatic rings. The molecule has 0 amide bonds. The maximum atomic E-state index is 2.38. The first-order valence-electron chi connectivity index (χ1n) is 5.31. The van der Waals surface area contributed by atoms with E-state index in [0.29, 0.717) is 0 Å². The summed E-state index contributed by atoms with van der Waals surface area (Å²) >= 11 is 0. The Morgan fingerprint density at radius 3 is 2.08 bits per heavy atom. The van der Waals surface area contributed by atoms with Crippen LogP contribution >= 0.6 is 0 Å². The van der Waals surface area contributed by atoms with E-state index in [9.17, 15) is 0 Å². The van der Waals surface area contributed by atoms with Crippen molar-refractivity contribution in [1.29, 1.82) is 0 Å². The van der Waals surface area contributed by atoms with Gasteiger partial charge in [-0.3, -0.25) is 0 Å². The van der Waals surface area contributed by atoms with Gasteiger partial charge in [-0.1, -0.05) is 47.5 Å². The standard InChI is InChI=1S/C12H25/c1-10(2)7-6-8-12(5)9-11(3)4/h11-12H,6-9H2,1-5H3. The van der Waals surface area contributed by atoms with Crippen LogP contribution in [-0.2, 0) is 0 Å². The highest BCUT2D eigenvalue weighted by atomic mass is 14.1. The summed E-state index contributed by atoms with van der Waals surface area (Å²) in [6.07, 6.45) is 5.50. The van der Waals surface area contributed by atoms with Gasteiger partial charge < -0.3 is 0 Å². The van der Waals surface area contributed by atoms with Gasteiger partial charge >= 0.3 is 0 Å². The van der Waals surface area contributed by atoms with Gasteiger partial charge in [0.2, 0.25) is 0 Å². The first-order valence-corrected chi connectivity index (χ1v) is 5.31. The predicted octanol–water partition coefficient (Wildman–Crippen LogP) is 4.45. The third-order valence-corrected chi connectivity index (χ3v) is 2.25. The molecule has 0 heteroatoms. The minimum absolute atomic E-state index is 0.867. The Labute approximate surface area is 78.8 Å². The average molecular weight is 169 g/mol. The fourth-order valence-corrected chi connectivity index (χ4v) is 1.73. The summed E-state index contributed by atoms with van der Waals surface area (Å²) in [5.74, 6) is 3.36. The van der Waals surface area contributed by atoms with E-state index in [1.807, 2.05) is 0 Å². The second-order valence-electron chi connectivity index (χ2n) is 4.83. The largest absolute Gasteiger partial charge is 0.0628 e. The smallest absolute Gasteiger partial charge is 0.0303 e. The van der Waals surface area contributed by atoms with Crippen LogP contribution in [0.25, 0.3) is 0 Å². The molecule has 0 aromatic rings. The van der Waals surface area contributed by atoms with Crippen LogP contribution in [0.2, 0.25) is 0 Å². The van der Waals surface area contributed by atoms with Crippen molar-refractivity contribution in [3.05, 3.63) is 5.92 Å². The summed E-state index contributed by atoms with van der Waals surface area (Å²) in [5.41, 5.74) is 0. The van der Waals surface area contributed by atoms with E-state index in [-0.39, 0.29) is 0 Å². The molecule has 73 valence electrons. The van der Waals surface area contributed by atoms with Gasteiger partial charge in [-0.05, 0) is 30.6 Å². The summed E-state index contributed by atoms with van der Waals surface area (Å²) in [4.78, 5) is 0. The highest BCUT2D eigenvalue weighted by Crippen LogP contribution is 2.19. The zero-order valence-corrected chi connectivity index (χ0v) is 9.48. The first kappa shape index (κ1) is 12.0. The summed E-state index contributed by atoms with van der Waals surface area (Å²) in [7, 11) is 0. The lowest BCUT2D eigenvalue weighted by atomic mass is 9.93. The van der Waals surface area contributed by atoms with Gasteiger partial charge in [-0.25, -0.2) is 0 Å². The van der Waals surface area contributed by atoms with Crippen LogP contribution in [0.3, 0.4) is 0 Å². The SMILES string of the molecule is C[C](C)CCCC(C)CC(C)C. The zero-order chi connectivity index (χ0) is 9.56. The van der Waals surface area contributed by atoms with Crippen molar-refractivity contribution in [2.24, 2.45) is 11.8 Å². The van der Waals surface area contributed by atoms with Crippen LogP contribution in [-0.4, -0.2) is 0 Å². The third kappa shape index (κ3) is 8.10. The maximum Gasteiger partial charge on any atom is -0.0303 e. The average Bonchev–Trinajstić information content (AvgIpc) is 1.84. The fraction of sp³-hybridized carbons (Fsp3) is 0.917. The molecule has 12 heavy (non-hydrogen) atoms. The van der Waals surface area contributed by atoms with Gasteiger partial charge in [0.1, 0.15) is 0 Å². The van der Waals surface area contributed by atoms with E-state index in [0.717, 1.165) is 11.8 Å². The summed E-state index contributed by atoms with van der Waals surface area (Å²) < 4.78 is 0. The molecule has 0 N–H and O–H groups in total. The molecule has 0 bridgehead atoms. The molecular formula is C12H25. The molecule has 0 aliphatic carbocycles. The maximum absolute atomic E-state index is 2.38. The van der Waals surface area contributed by atoms with Gasteiger partial charge in [0.25, 0.3) is 0 Å². The molecule has 0 rings (SSSR count). The molecule has 1 atom stereocenters. The van der Waals surface area contributed by atoms with Gasteiger partial charge in [0.05, 0.1) is 0 Å². The van der Waals surface area contributed by atoms with Crippen LogP contribution in [0.1, 0.15) is 60.3 Å². The molecule has 0 aromatic carbocycles. The van der Waals surface area contributed by atoms with Crippen molar-refractivity contribution in [1.82, 2.24) is 0 Å². The van der Waals surface area contributed by atoms with Crippen molar-refractivity contribution in [3.63, 3.8) is 0 Å². The molecule has 1 unspecified atom stereocenters. The molecule has 0 aliphatic heterocycles. The fourth-order valence-electron chi connectivity index (χ4n) is 1.73. The van der Waals surface area contributed by atoms with E-state index in [4.69, 9.17) is 0 Å². The van der Waals surface area contributed by atoms with Gasteiger partial charge in [-0.2, -0.15) is 0 Å². The minimum Gasteiger partial charge on any atom is -0.0628 e. The Hall–Kier alpha value is 0. The van der Waals surface area contributed by atoms with E-state index in [2.05, 4.69) is 34.6 Å². The van der Waals surface area contributed by atoms with Crippen molar-refractivity contribution in [2.75, 3.05) is 0 Å². The Balaban J connectivity index is 3.25. The molecule has 0 heterocycles. The normalized spacial score (nSPS) is 14.2. The molecule has 0 saturated carbocycles. The van der Waals surface area contributed by atoms with E-state index < -0.39 is 0 Å². The second-order valence-corrected chi connectivity index (χ2v) is 4.83. The highest BCUT2D eigenvalue weighted by molar-refractivity contribution is 4.76. The molecule has 1 radical (unpaired) electrons. The van der Waals surface area contributed by atoms with E-state index in [1.54, 1.807) is 5.92 Å². The molecular weight excluding hydrogens is 144 g/mol. The Bertz CT molecular complexity index is 92.2. The summed E-state index contributed by atoms with van der Waals surface area (Å²) in [6.45, 7) is 11.5. The first-order chi connectivity index (χ1) is 5.52. The van der Waals surface area contributed by atoms with Gasteiger partial charge in [0, 0.05) is 0 Å². The van der Waals surface area contributed by atoms with Crippen LogP contribution in [0, 0.1) is 17.8 Å². The molecule has 0 fully saturated rings. The predicted molar refractivity (Wildman–Crippen MR) is 57.1 cm³/mol. The van der Waals surface area contributed by atoms with E-state index in [1.165, 1.54) is 25.7 Å². The topological polar surface area (TPSA) is 0 Å². The monoisotopic (exact) mass is 169 g/mol. The van der Waals surface area contributed by atoms with Crippen molar-refractivity contribution < 1.29 is 0 Å². The van der Waals surface area contributed by atoms with Crippen LogP contribution in [0.4, 0.5) is 0 Å². The Kier molecular flexibility index (Phi) is 6.51. The highest BCUT2D eigenvalue weighted by Gasteiger charge is 2.05. The van der Waals surface area contributed by atoms with Crippen LogP contribution < -0.4 is 0 Å². The lowest BCUT2D eigenvalue weighted by Gasteiger charge is -2.13. The number of hydrogen-bond donors (Lipinski definition) is 0. The van der Waals surface area contributed by atoms with Crippen molar-refractivity contribution in [2.45, 2.75) is 60.3 Å². The lowest BCUT2D eigenvalue weighted by Crippen LogP contribution is -2.00. The minimum atomic E-state index is 0.867. The van der Waals surface area contributed by atoms with Gasteiger partial charge in [-0.15, -0.1) is 0 Å². The number of rotatable bonds is 6. The van der Waals surface area contributed by atoms with Crippen molar-refractivity contribution in [3.8, 4) is 0 Å². The third-order valence-electron chi connectivity index (χ3n) is 2.25. The second kappa shape index (κ2) is 6.51. The molecule has 0 spiro atoms. The van der Waals surface area contributed by atoms with Crippen LogP contribution in [0.5, 0.6) is 0 Å². The Morgan fingerprint density at radius 1 is 1.08 bits per heavy atom. The Morgan fingerprint density at radius 2 is 1.67 bits per heavy atom. The molecule has 0 aromatic heterocycles.